The van der Waals surface area contributed by atoms with E-state index in [2.05, 4.69) is 6.58 Å². The van der Waals surface area contributed by atoms with E-state index in [4.69, 9.17) is 0 Å². The van der Waals surface area contributed by atoms with Crippen LogP contribution in [0.5, 0.6) is 0 Å². The third kappa shape index (κ3) is 2.91. The van der Waals surface area contributed by atoms with E-state index >= 15 is 0 Å². The maximum absolute atomic E-state index is 12.8. The quantitative estimate of drug-likeness (QED) is 0.803. The van der Waals surface area contributed by atoms with E-state index in [1.807, 2.05) is 35.2 Å². The molecule has 0 radical (unpaired) electrons. The van der Waals surface area contributed by atoms with E-state index in [0.29, 0.717) is 18.7 Å². The Labute approximate surface area is 131 Å². The Kier molecular flexibility index (Phi) is 4.27. The second kappa shape index (κ2) is 6.34. The molecule has 1 aromatic carbocycles. The van der Waals surface area contributed by atoms with Gasteiger partial charge in [-0.2, -0.15) is 0 Å². The van der Waals surface area contributed by atoms with Crippen molar-refractivity contribution in [3.63, 3.8) is 0 Å². The fourth-order valence-corrected chi connectivity index (χ4v) is 3.36. The molecule has 2 aliphatic rings. The minimum atomic E-state index is -0.235. The molecule has 1 aromatic rings. The molecule has 1 saturated heterocycles. The van der Waals surface area contributed by atoms with Gasteiger partial charge in [-0.1, -0.05) is 56.2 Å². The Morgan fingerprint density at radius 3 is 2.41 bits per heavy atom. The van der Waals surface area contributed by atoms with Crippen molar-refractivity contribution < 1.29 is 9.59 Å². The van der Waals surface area contributed by atoms with Crippen molar-refractivity contribution in [2.75, 3.05) is 6.54 Å². The van der Waals surface area contributed by atoms with Gasteiger partial charge < -0.3 is 4.90 Å². The molecule has 0 unspecified atom stereocenters. The van der Waals surface area contributed by atoms with Gasteiger partial charge in [0, 0.05) is 11.6 Å². The van der Waals surface area contributed by atoms with Crippen molar-refractivity contribution in [3.8, 4) is 0 Å². The zero-order valence-corrected chi connectivity index (χ0v) is 12.8. The molecule has 1 heterocycles. The van der Waals surface area contributed by atoms with Crippen molar-refractivity contribution in [1.29, 1.82) is 0 Å². The summed E-state index contributed by atoms with van der Waals surface area (Å²) in [4.78, 5) is 28.3. The van der Waals surface area contributed by atoms with E-state index in [0.717, 1.165) is 31.2 Å². The van der Waals surface area contributed by atoms with Crippen molar-refractivity contribution >= 4 is 11.9 Å². The van der Waals surface area contributed by atoms with E-state index < -0.39 is 0 Å². The number of imide groups is 1. The molecule has 0 spiro atoms. The SMILES string of the molecule is C=C1CN(C2CCCCC2)C(=O)N(Cc2ccccc2)C1=O. The topological polar surface area (TPSA) is 40.6 Å². The van der Waals surface area contributed by atoms with Crippen LogP contribution in [-0.2, 0) is 11.3 Å². The molecule has 1 aliphatic heterocycles. The third-order valence-electron chi connectivity index (χ3n) is 4.58. The number of hydrogen-bond donors (Lipinski definition) is 0. The highest BCUT2D eigenvalue weighted by Gasteiger charge is 2.38. The molecule has 116 valence electrons. The first kappa shape index (κ1) is 14.8. The number of amides is 3. The fraction of sp³-hybridized carbons (Fsp3) is 0.444. The first-order chi connectivity index (χ1) is 10.7. The number of carbonyl (C=O) groups excluding carboxylic acids is 2. The number of carbonyl (C=O) groups is 2. The highest BCUT2D eigenvalue weighted by atomic mass is 16.2. The van der Waals surface area contributed by atoms with Gasteiger partial charge >= 0.3 is 6.03 Å². The standard InChI is InChI=1S/C18H22N2O2/c1-14-12-19(16-10-6-3-7-11-16)18(22)20(17(14)21)13-15-8-4-2-5-9-15/h2,4-5,8-9,16H,1,3,6-7,10-13H2. The molecule has 3 rings (SSSR count). The van der Waals surface area contributed by atoms with E-state index in [1.165, 1.54) is 11.3 Å². The van der Waals surface area contributed by atoms with Gasteiger partial charge in [-0.25, -0.2) is 4.79 Å². The summed E-state index contributed by atoms with van der Waals surface area (Å²) >= 11 is 0. The van der Waals surface area contributed by atoms with Gasteiger partial charge in [-0.3, -0.25) is 9.69 Å². The van der Waals surface area contributed by atoms with Crippen molar-refractivity contribution in [2.24, 2.45) is 0 Å². The van der Waals surface area contributed by atoms with E-state index in [-0.39, 0.29) is 18.0 Å². The number of rotatable bonds is 3. The number of hydrogen-bond acceptors (Lipinski definition) is 2. The lowest BCUT2D eigenvalue weighted by molar-refractivity contribution is -0.127. The third-order valence-corrected chi connectivity index (χ3v) is 4.58. The van der Waals surface area contributed by atoms with Crippen LogP contribution in [0.25, 0.3) is 0 Å². The van der Waals surface area contributed by atoms with Gasteiger partial charge in [0.2, 0.25) is 0 Å². The summed E-state index contributed by atoms with van der Waals surface area (Å²) in [6, 6.07) is 9.73. The number of urea groups is 1. The molecule has 4 nitrogen and oxygen atoms in total. The normalized spacial score (nSPS) is 20.6. The summed E-state index contributed by atoms with van der Waals surface area (Å²) in [6.45, 7) is 4.58. The summed E-state index contributed by atoms with van der Waals surface area (Å²) in [5.41, 5.74) is 1.48. The van der Waals surface area contributed by atoms with E-state index in [9.17, 15) is 9.59 Å². The molecule has 0 aromatic heterocycles. The molecule has 1 aliphatic carbocycles. The highest BCUT2D eigenvalue weighted by molar-refractivity contribution is 6.06. The molecule has 4 heteroatoms. The first-order valence-corrected chi connectivity index (χ1v) is 8.01. The lowest BCUT2D eigenvalue weighted by Gasteiger charge is -2.41. The zero-order valence-electron chi connectivity index (χ0n) is 12.8. The van der Waals surface area contributed by atoms with Crippen molar-refractivity contribution in [1.82, 2.24) is 9.80 Å². The van der Waals surface area contributed by atoms with Gasteiger partial charge in [0.15, 0.2) is 0 Å². The minimum Gasteiger partial charge on any atom is -0.317 e. The molecule has 1 saturated carbocycles. The monoisotopic (exact) mass is 298 g/mol. The van der Waals surface area contributed by atoms with Crippen LogP contribution in [-0.4, -0.2) is 34.3 Å². The molecule has 0 bridgehead atoms. The lowest BCUT2D eigenvalue weighted by atomic mass is 9.93. The number of nitrogens with zero attached hydrogens (tertiary/aromatic N) is 2. The maximum atomic E-state index is 12.8. The Balaban J connectivity index is 1.79. The molecule has 3 amide bonds. The van der Waals surface area contributed by atoms with Gasteiger partial charge in [-0.15, -0.1) is 0 Å². The van der Waals surface area contributed by atoms with E-state index in [1.54, 1.807) is 0 Å². The van der Waals surface area contributed by atoms with Gasteiger partial charge in [0.05, 0.1) is 13.1 Å². The van der Waals surface area contributed by atoms with Crippen LogP contribution in [0.15, 0.2) is 42.5 Å². The zero-order chi connectivity index (χ0) is 15.5. The molecular formula is C18H22N2O2. The Morgan fingerprint density at radius 1 is 1.05 bits per heavy atom. The van der Waals surface area contributed by atoms with Crippen LogP contribution in [0, 0.1) is 0 Å². The van der Waals surface area contributed by atoms with Gasteiger partial charge in [-0.05, 0) is 18.4 Å². The molecular weight excluding hydrogens is 276 g/mol. The Morgan fingerprint density at radius 2 is 1.73 bits per heavy atom. The van der Waals surface area contributed by atoms with Crippen LogP contribution < -0.4 is 0 Å². The average Bonchev–Trinajstić information content (AvgIpc) is 2.57. The highest BCUT2D eigenvalue weighted by Crippen LogP contribution is 2.27. The summed E-state index contributed by atoms with van der Waals surface area (Å²) in [7, 11) is 0. The predicted molar refractivity (Wildman–Crippen MR) is 85.1 cm³/mol. The van der Waals surface area contributed by atoms with Crippen LogP contribution in [0.1, 0.15) is 37.7 Å². The van der Waals surface area contributed by atoms with Crippen molar-refractivity contribution in [3.05, 3.63) is 48.0 Å². The smallest absolute Gasteiger partial charge is 0.317 e. The predicted octanol–water partition coefficient (Wildman–Crippen LogP) is 3.34. The molecule has 0 N–H and O–H groups in total. The molecule has 2 fully saturated rings. The van der Waals surface area contributed by atoms with Gasteiger partial charge in [0.25, 0.3) is 5.91 Å². The second-order valence-electron chi connectivity index (χ2n) is 6.18. The van der Waals surface area contributed by atoms with Crippen LogP contribution in [0.3, 0.4) is 0 Å². The fourth-order valence-electron chi connectivity index (χ4n) is 3.36. The van der Waals surface area contributed by atoms with Gasteiger partial charge in [0.1, 0.15) is 0 Å². The Bertz CT molecular complexity index is 576. The largest absolute Gasteiger partial charge is 0.327 e. The minimum absolute atomic E-state index is 0.159. The number of benzene rings is 1. The Hall–Kier alpha value is -2.10. The second-order valence-corrected chi connectivity index (χ2v) is 6.18. The molecule has 0 atom stereocenters. The van der Waals surface area contributed by atoms with Crippen molar-refractivity contribution in [2.45, 2.75) is 44.7 Å². The maximum Gasteiger partial charge on any atom is 0.327 e. The van der Waals surface area contributed by atoms with Crippen LogP contribution in [0.2, 0.25) is 0 Å². The summed E-state index contributed by atoms with van der Waals surface area (Å²) in [6.07, 6.45) is 5.63. The molecule has 22 heavy (non-hydrogen) atoms. The van der Waals surface area contributed by atoms with Crippen LogP contribution >= 0.6 is 0 Å². The van der Waals surface area contributed by atoms with Crippen LogP contribution in [0.4, 0.5) is 4.79 Å². The first-order valence-electron chi connectivity index (χ1n) is 8.01. The summed E-state index contributed by atoms with van der Waals surface area (Å²) < 4.78 is 0. The average molecular weight is 298 g/mol. The summed E-state index contributed by atoms with van der Waals surface area (Å²) in [5, 5.41) is 0. The lowest BCUT2D eigenvalue weighted by Crippen LogP contribution is -2.56. The summed E-state index contributed by atoms with van der Waals surface area (Å²) in [5.74, 6) is -0.235.